The molecule has 0 aliphatic carbocycles. The third kappa shape index (κ3) is 10.9. The van der Waals surface area contributed by atoms with Gasteiger partial charge in [0.25, 0.3) is 0 Å². The number of carbonyl (C=O) groups is 3. The summed E-state index contributed by atoms with van der Waals surface area (Å²) >= 11 is 6.12. The molecule has 2 fully saturated rings. The summed E-state index contributed by atoms with van der Waals surface area (Å²) in [6.07, 6.45) is -0.236. The number of morpholine rings is 1. The standard InChI is InChI=1S/C39H46ClF3N4O8S/c1-38(2,3)55-37(50)46-22-29(54-39(23-46)15-17-47(18-16-39)56(5,51)52)13-14-30-31(43)7-6-8-32(30)44-35(48)34(45-36(49)53-4)33(24-9-11-26(40)12-10-24)25-19-27(41)21-28(42)20-25/h6-12,19-21,29,33-34H,13-18,22-23H2,1-5H3,(H,44,48)(H,45,49)/t29?,33-,34-/m0/s1. The first-order chi connectivity index (χ1) is 26.3. The van der Waals surface area contributed by atoms with E-state index >= 15 is 4.39 Å². The number of piperidine rings is 1. The molecule has 0 aromatic heterocycles. The quantitative estimate of drug-likeness (QED) is 0.233. The van der Waals surface area contributed by atoms with Gasteiger partial charge in [0.05, 0.1) is 38.2 Å². The average Bonchev–Trinajstić information content (AvgIpc) is 3.10. The molecule has 12 nitrogen and oxygen atoms in total. The number of hydrogen-bond donors (Lipinski definition) is 2. The zero-order valence-corrected chi connectivity index (χ0v) is 33.3. The highest BCUT2D eigenvalue weighted by atomic mass is 35.5. The molecule has 3 amide bonds. The van der Waals surface area contributed by atoms with Gasteiger partial charge in [0.15, 0.2) is 0 Å². The van der Waals surface area contributed by atoms with Crippen LogP contribution in [-0.2, 0) is 35.4 Å². The van der Waals surface area contributed by atoms with Crippen molar-refractivity contribution in [1.82, 2.24) is 14.5 Å². The molecule has 3 aromatic carbocycles. The molecule has 0 radical (unpaired) electrons. The summed E-state index contributed by atoms with van der Waals surface area (Å²) < 4.78 is 87.8. The number of benzene rings is 3. The van der Waals surface area contributed by atoms with Gasteiger partial charge in [0, 0.05) is 41.3 Å². The summed E-state index contributed by atoms with van der Waals surface area (Å²) in [4.78, 5) is 41.8. The van der Waals surface area contributed by atoms with Gasteiger partial charge in [-0.15, -0.1) is 0 Å². The van der Waals surface area contributed by atoms with Gasteiger partial charge in [0.2, 0.25) is 15.9 Å². The van der Waals surface area contributed by atoms with Crippen LogP contribution in [0.4, 0.5) is 28.4 Å². The second kappa shape index (κ2) is 17.4. The van der Waals surface area contributed by atoms with Crippen molar-refractivity contribution in [2.75, 3.05) is 44.9 Å². The largest absolute Gasteiger partial charge is 0.453 e. The van der Waals surface area contributed by atoms with Crippen LogP contribution in [0.5, 0.6) is 0 Å². The molecule has 3 atom stereocenters. The lowest BCUT2D eigenvalue weighted by molar-refractivity contribution is -0.169. The van der Waals surface area contributed by atoms with Crippen LogP contribution in [0.2, 0.25) is 5.02 Å². The van der Waals surface area contributed by atoms with E-state index in [2.05, 4.69) is 10.6 Å². The Hall–Kier alpha value is -4.38. The first-order valence-electron chi connectivity index (χ1n) is 18.0. The van der Waals surface area contributed by atoms with E-state index in [0.717, 1.165) is 25.5 Å². The summed E-state index contributed by atoms with van der Waals surface area (Å²) in [7, 11) is -2.36. The number of anilines is 1. The van der Waals surface area contributed by atoms with Crippen LogP contribution in [-0.4, -0.2) is 98.6 Å². The highest BCUT2D eigenvalue weighted by Crippen LogP contribution is 2.36. The van der Waals surface area contributed by atoms with E-state index in [1.54, 1.807) is 32.9 Å². The van der Waals surface area contributed by atoms with Crippen molar-refractivity contribution in [1.29, 1.82) is 0 Å². The van der Waals surface area contributed by atoms with Crippen LogP contribution in [0.25, 0.3) is 0 Å². The number of rotatable bonds is 10. The molecular formula is C39H46ClF3N4O8S. The smallest absolute Gasteiger partial charge is 0.410 e. The number of alkyl carbamates (subject to hydrolysis) is 1. The number of carbonyl (C=O) groups excluding carboxylic acids is 3. The molecule has 17 heteroatoms. The Kier molecular flexibility index (Phi) is 13.3. The number of methoxy groups -OCH3 is 1. The zero-order chi connectivity index (χ0) is 41.0. The fourth-order valence-corrected chi connectivity index (χ4v) is 8.11. The summed E-state index contributed by atoms with van der Waals surface area (Å²) in [5.74, 6) is -4.51. The van der Waals surface area contributed by atoms with Gasteiger partial charge in [-0.1, -0.05) is 29.8 Å². The Morgan fingerprint density at radius 3 is 2.23 bits per heavy atom. The fraction of sp³-hybridized carbons (Fsp3) is 0.462. The highest BCUT2D eigenvalue weighted by molar-refractivity contribution is 7.88. The fourth-order valence-electron chi connectivity index (χ4n) is 7.14. The van der Waals surface area contributed by atoms with Crippen LogP contribution in [0.1, 0.15) is 62.6 Å². The van der Waals surface area contributed by atoms with E-state index < -0.39 is 74.8 Å². The molecule has 1 unspecified atom stereocenters. The molecule has 1 spiro atoms. The van der Waals surface area contributed by atoms with Gasteiger partial charge in [-0.3, -0.25) is 4.79 Å². The molecule has 2 saturated heterocycles. The first-order valence-corrected chi connectivity index (χ1v) is 20.2. The van der Waals surface area contributed by atoms with Gasteiger partial charge in [-0.2, -0.15) is 0 Å². The van der Waals surface area contributed by atoms with Gasteiger partial charge in [-0.25, -0.2) is 35.5 Å². The molecule has 304 valence electrons. The van der Waals surface area contributed by atoms with Crippen molar-refractivity contribution >= 4 is 45.4 Å². The summed E-state index contributed by atoms with van der Waals surface area (Å²) in [6, 6.07) is 11.4. The molecule has 5 rings (SSSR count). The normalized spacial score (nSPS) is 18.5. The molecule has 0 saturated carbocycles. The van der Waals surface area contributed by atoms with E-state index in [-0.39, 0.29) is 55.8 Å². The van der Waals surface area contributed by atoms with Crippen molar-refractivity contribution in [3.8, 4) is 0 Å². The second-order valence-corrected chi connectivity index (χ2v) is 17.5. The molecule has 2 aliphatic heterocycles. The van der Waals surface area contributed by atoms with E-state index in [1.165, 1.54) is 39.5 Å². The molecule has 2 heterocycles. The SMILES string of the molecule is COC(=O)N[C@H](C(=O)Nc1cccc(F)c1CCC1CN(C(=O)OC(C)(C)C)CC2(CCN(S(C)(=O)=O)CC2)O1)[C@@H](c1ccc(Cl)cc1)c1cc(F)cc(F)c1. The van der Waals surface area contributed by atoms with Crippen molar-refractivity contribution in [3.63, 3.8) is 0 Å². The number of halogens is 4. The van der Waals surface area contributed by atoms with E-state index in [4.69, 9.17) is 25.8 Å². The lowest BCUT2D eigenvalue weighted by Crippen LogP contribution is -2.61. The third-order valence-electron chi connectivity index (χ3n) is 9.71. The summed E-state index contributed by atoms with van der Waals surface area (Å²) in [5, 5.41) is 5.54. The van der Waals surface area contributed by atoms with Gasteiger partial charge in [-0.05, 0) is 94.0 Å². The maximum atomic E-state index is 15.7. The van der Waals surface area contributed by atoms with Gasteiger partial charge in [0.1, 0.15) is 29.1 Å². The Morgan fingerprint density at radius 1 is 1.00 bits per heavy atom. The highest BCUT2D eigenvalue weighted by Gasteiger charge is 2.46. The van der Waals surface area contributed by atoms with E-state index in [1.807, 2.05) is 0 Å². The minimum Gasteiger partial charge on any atom is -0.453 e. The zero-order valence-electron chi connectivity index (χ0n) is 31.7. The van der Waals surface area contributed by atoms with Crippen LogP contribution >= 0.6 is 11.6 Å². The maximum absolute atomic E-state index is 15.7. The van der Waals surface area contributed by atoms with E-state index in [0.29, 0.717) is 29.5 Å². The Bertz CT molecular complexity index is 2000. The average molecular weight is 823 g/mol. The molecule has 3 aromatic rings. The van der Waals surface area contributed by atoms with Crippen LogP contribution in [0.15, 0.2) is 60.7 Å². The van der Waals surface area contributed by atoms with Crippen molar-refractivity contribution in [2.24, 2.45) is 0 Å². The number of nitrogens with one attached hydrogen (secondary N) is 2. The predicted molar refractivity (Wildman–Crippen MR) is 203 cm³/mol. The van der Waals surface area contributed by atoms with Crippen LogP contribution in [0, 0.1) is 17.5 Å². The van der Waals surface area contributed by atoms with E-state index in [9.17, 15) is 31.6 Å². The topological polar surface area (TPSA) is 144 Å². The molecule has 2 aliphatic rings. The lowest BCUT2D eigenvalue weighted by Gasteiger charge is -2.49. The Morgan fingerprint density at radius 2 is 1.64 bits per heavy atom. The molecule has 56 heavy (non-hydrogen) atoms. The molecule has 0 bridgehead atoms. The lowest BCUT2D eigenvalue weighted by atomic mass is 9.84. The summed E-state index contributed by atoms with van der Waals surface area (Å²) in [6.45, 7) is 5.91. The molecular weight excluding hydrogens is 777 g/mol. The number of hydrogen-bond acceptors (Lipinski definition) is 8. The Balaban J connectivity index is 1.43. The predicted octanol–water partition coefficient (Wildman–Crippen LogP) is 6.62. The van der Waals surface area contributed by atoms with Gasteiger partial charge < -0.3 is 29.7 Å². The third-order valence-corrected chi connectivity index (χ3v) is 11.3. The summed E-state index contributed by atoms with van der Waals surface area (Å²) in [5.41, 5.74) is -1.13. The molecule has 2 N–H and O–H groups in total. The van der Waals surface area contributed by atoms with Crippen LogP contribution < -0.4 is 10.6 Å². The maximum Gasteiger partial charge on any atom is 0.410 e. The minimum absolute atomic E-state index is 0.0149. The van der Waals surface area contributed by atoms with Crippen molar-refractivity contribution < 1.29 is 50.2 Å². The first kappa shape index (κ1) is 42.8. The number of amides is 3. The Labute approximate surface area is 329 Å². The van der Waals surface area contributed by atoms with Crippen molar-refractivity contribution in [3.05, 3.63) is 99.8 Å². The number of ether oxygens (including phenoxy) is 3. The monoisotopic (exact) mass is 822 g/mol. The number of sulfonamides is 1. The number of nitrogens with zero attached hydrogens (tertiary/aromatic N) is 2. The van der Waals surface area contributed by atoms with Crippen LogP contribution in [0.3, 0.4) is 0 Å². The van der Waals surface area contributed by atoms with Gasteiger partial charge >= 0.3 is 12.2 Å². The second-order valence-electron chi connectivity index (χ2n) is 15.1. The minimum atomic E-state index is -3.44. The van der Waals surface area contributed by atoms with Crippen molar-refractivity contribution in [2.45, 2.75) is 75.7 Å².